The average Bonchev–Trinajstić information content (AvgIpc) is 2.72. The van der Waals surface area contributed by atoms with Crippen LogP contribution in [0.5, 0.6) is 0 Å². The fourth-order valence-electron chi connectivity index (χ4n) is 4.23. The molecule has 5 aromatic rings. The van der Waals surface area contributed by atoms with Crippen LogP contribution in [0.1, 0.15) is 6.92 Å². The first-order valence-corrected chi connectivity index (χ1v) is 9.59. The largest absolute Gasteiger partial charge is 0.399 e. The lowest BCUT2D eigenvalue weighted by atomic mass is 9.96. The van der Waals surface area contributed by atoms with E-state index in [4.69, 9.17) is 11.5 Å². The smallest absolute Gasteiger partial charge is 0.221 e. The normalized spacial score (nSPS) is 11.5. The van der Waals surface area contributed by atoms with E-state index in [0.717, 1.165) is 28.8 Å². The van der Waals surface area contributed by atoms with Crippen LogP contribution >= 0.6 is 0 Å². The molecule has 1 heterocycles. The molecule has 0 aliphatic heterocycles. The summed E-state index contributed by atoms with van der Waals surface area (Å²) in [5.74, 6) is 0. The van der Waals surface area contributed by atoms with Crippen LogP contribution in [-0.2, 0) is 6.54 Å². The van der Waals surface area contributed by atoms with Crippen molar-refractivity contribution in [2.24, 2.45) is 0 Å². The summed E-state index contributed by atoms with van der Waals surface area (Å²) in [5.41, 5.74) is 17.4. The molecule has 0 saturated carbocycles. The van der Waals surface area contributed by atoms with Crippen LogP contribution in [0.25, 0.3) is 43.7 Å². The Bertz CT molecular complexity index is 1370. The number of hydrogen-bond donors (Lipinski definition) is 2. The Labute approximate surface area is 163 Å². The predicted octanol–water partition coefficient (Wildman–Crippen LogP) is 5.29. The first-order chi connectivity index (χ1) is 13.7. The van der Waals surface area contributed by atoms with Gasteiger partial charge in [-0.15, -0.1) is 0 Å². The van der Waals surface area contributed by atoms with E-state index in [1.807, 2.05) is 12.1 Å². The van der Waals surface area contributed by atoms with E-state index >= 15 is 0 Å². The number of nitrogens with two attached hydrogens (primary N) is 2. The molecule has 0 bridgehead atoms. The highest BCUT2D eigenvalue weighted by Gasteiger charge is 2.22. The number of rotatable bonds is 2. The quantitative estimate of drug-likeness (QED) is 0.254. The summed E-state index contributed by atoms with van der Waals surface area (Å²) in [6, 6.07) is 27.4. The van der Waals surface area contributed by atoms with Crippen molar-refractivity contribution < 1.29 is 4.57 Å². The number of fused-ring (bicyclic) bond motifs is 4. The van der Waals surface area contributed by atoms with Gasteiger partial charge in [0.2, 0.25) is 11.2 Å². The summed E-state index contributed by atoms with van der Waals surface area (Å²) in [5, 5.41) is 6.01. The molecule has 0 amide bonds. The summed E-state index contributed by atoms with van der Waals surface area (Å²) in [4.78, 5) is 0. The second-order valence-corrected chi connectivity index (χ2v) is 7.24. The van der Waals surface area contributed by atoms with Gasteiger partial charge >= 0.3 is 0 Å². The summed E-state index contributed by atoms with van der Waals surface area (Å²) in [6.45, 7) is 3.01. The van der Waals surface area contributed by atoms with Gasteiger partial charge in [-0.1, -0.05) is 36.4 Å². The Morgan fingerprint density at radius 2 is 1.39 bits per heavy atom. The van der Waals surface area contributed by atoms with Crippen LogP contribution in [0.4, 0.5) is 11.4 Å². The first-order valence-electron chi connectivity index (χ1n) is 9.59. The van der Waals surface area contributed by atoms with Crippen molar-refractivity contribution in [3.63, 3.8) is 0 Å². The van der Waals surface area contributed by atoms with Crippen LogP contribution in [-0.4, -0.2) is 0 Å². The fraction of sp³-hybridized carbons (Fsp3) is 0.0800. The Morgan fingerprint density at radius 1 is 0.679 bits per heavy atom. The third kappa shape index (κ3) is 2.48. The molecule has 0 spiro atoms. The predicted molar refractivity (Wildman–Crippen MR) is 119 cm³/mol. The van der Waals surface area contributed by atoms with E-state index < -0.39 is 0 Å². The van der Waals surface area contributed by atoms with Crippen molar-refractivity contribution in [2.45, 2.75) is 13.5 Å². The van der Waals surface area contributed by atoms with Crippen LogP contribution in [0.15, 0.2) is 78.9 Å². The lowest BCUT2D eigenvalue weighted by Gasteiger charge is -2.13. The molecular weight excluding hydrogens is 342 g/mol. The maximum absolute atomic E-state index is 6.19. The zero-order chi connectivity index (χ0) is 19.3. The van der Waals surface area contributed by atoms with Crippen LogP contribution in [0.3, 0.4) is 0 Å². The monoisotopic (exact) mass is 364 g/mol. The van der Waals surface area contributed by atoms with Gasteiger partial charge in [-0.25, -0.2) is 0 Å². The van der Waals surface area contributed by atoms with Gasteiger partial charge in [-0.05, 0) is 54.1 Å². The van der Waals surface area contributed by atoms with Crippen molar-refractivity contribution in [1.29, 1.82) is 0 Å². The molecule has 0 aliphatic carbocycles. The van der Waals surface area contributed by atoms with Crippen molar-refractivity contribution in [2.75, 3.05) is 11.5 Å². The van der Waals surface area contributed by atoms with Crippen LogP contribution in [0.2, 0.25) is 0 Å². The van der Waals surface area contributed by atoms with Gasteiger partial charge in [0, 0.05) is 28.4 Å². The lowest BCUT2D eigenvalue weighted by molar-refractivity contribution is -0.655. The third-order valence-corrected chi connectivity index (χ3v) is 5.51. The summed E-state index contributed by atoms with van der Waals surface area (Å²) < 4.78 is 2.34. The Hall–Kier alpha value is -3.59. The Balaban J connectivity index is 1.98. The van der Waals surface area contributed by atoms with E-state index in [1.165, 1.54) is 32.8 Å². The zero-order valence-corrected chi connectivity index (χ0v) is 15.8. The molecule has 3 nitrogen and oxygen atoms in total. The number of anilines is 2. The van der Waals surface area contributed by atoms with Crippen molar-refractivity contribution in [3.8, 4) is 11.3 Å². The average molecular weight is 364 g/mol. The molecule has 0 saturated heterocycles. The van der Waals surface area contributed by atoms with Gasteiger partial charge in [0.1, 0.15) is 6.54 Å². The molecule has 4 N–H and O–H groups in total. The number of hydrogen-bond acceptors (Lipinski definition) is 2. The van der Waals surface area contributed by atoms with Gasteiger partial charge < -0.3 is 11.5 Å². The molecule has 0 atom stereocenters. The number of nitrogen functional groups attached to an aromatic ring is 2. The van der Waals surface area contributed by atoms with E-state index in [0.29, 0.717) is 0 Å². The second kappa shape index (κ2) is 6.24. The second-order valence-electron chi connectivity index (χ2n) is 7.24. The molecule has 0 fully saturated rings. The summed E-state index contributed by atoms with van der Waals surface area (Å²) in [7, 11) is 0. The SMILES string of the molecule is CC[n+]1c(-c2ccc3ccccc3c2)c2cc(N)ccc2c2ccc(N)cc21. The fourth-order valence-corrected chi connectivity index (χ4v) is 4.23. The van der Waals surface area contributed by atoms with Gasteiger partial charge in [-0.2, -0.15) is 4.57 Å². The number of pyridine rings is 1. The number of aryl methyl sites for hydroxylation is 1. The third-order valence-electron chi connectivity index (χ3n) is 5.51. The Kier molecular flexibility index (Phi) is 3.69. The van der Waals surface area contributed by atoms with Gasteiger partial charge in [0.05, 0.1) is 10.8 Å². The standard InChI is InChI=1S/C25H21N3/c1-2-28-24-15-20(27)10-12-22(24)21-11-9-19(26)14-23(21)25(28)18-8-7-16-5-3-4-6-17(16)13-18/h3-15,27H,2,26H2,1H3/p+1. The van der Waals surface area contributed by atoms with Crippen molar-refractivity contribution in [3.05, 3.63) is 78.9 Å². The van der Waals surface area contributed by atoms with Crippen LogP contribution in [0, 0.1) is 0 Å². The van der Waals surface area contributed by atoms with Crippen molar-refractivity contribution >= 4 is 43.8 Å². The molecule has 0 unspecified atom stereocenters. The molecular formula is C25H22N3+. The van der Waals surface area contributed by atoms with E-state index in [-0.39, 0.29) is 0 Å². The first kappa shape index (κ1) is 16.6. The maximum atomic E-state index is 6.19. The summed E-state index contributed by atoms with van der Waals surface area (Å²) >= 11 is 0. The minimum absolute atomic E-state index is 0.770. The van der Waals surface area contributed by atoms with Crippen LogP contribution < -0.4 is 16.0 Å². The Morgan fingerprint density at radius 3 is 2.18 bits per heavy atom. The van der Waals surface area contributed by atoms with Gasteiger partial charge in [-0.3, -0.25) is 0 Å². The van der Waals surface area contributed by atoms with E-state index in [2.05, 4.69) is 78.2 Å². The zero-order valence-electron chi connectivity index (χ0n) is 15.8. The molecule has 28 heavy (non-hydrogen) atoms. The molecule has 4 aromatic carbocycles. The molecule has 1 aromatic heterocycles. The topological polar surface area (TPSA) is 55.9 Å². The number of nitrogens with zero attached hydrogens (tertiary/aromatic N) is 1. The lowest BCUT2D eigenvalue weighted by Crippen LogP contribution is -2.36. The highest BCUT2D eigenvalue weighted by Crippen LogP contribution is 2.34. The molecule has 5 rings (SSSR count). The number of aromatic nitrogens is 1. The minimum atomic E-state index is 0.770. The van der Waals surface area contributed by atoms with Crippen molar-refractivity contribution in [1.82, 2.24) is 0 Å². The highest BCUT2D eigenvalue weighted by atomic mass is 15.0. The van der Waals surface area contributed by atoms with Gasteiger partial charge in [0.15, 0.2) is 0 Å². The molecule has 3 heteroatoms. The number of benzene rings is 4. The highest BCUT2D eigenvalue weighted by molar-refractivity contribution is 6.10. The van der Waals surface area contributed by atoms with E-state index in [1.54, 1.807) is 0 Å². The van der Waals surface area contributed by atoms with E-state index in [9.17, 15) is 0 Å². The molecule has 136 valence electrons. The summed E-state index contributed by atoms with van der Waals surface area (Å²) in [6.07, 6.45) is 0. The maximum Gasteiger partial charge on any atom is 0.221 e. The van der Waals surface area contributed by atoms with Gasteiger partial charge in [0.25, 0.3) is 0 Å². The molecule has 0 aliphatic rings. The molecule has 0 radical (unpaired) electrons. The minimum Gasteiger partial charge on any atom is -0.399 e.